The van der Waals surface area contributed by atoms with E-state index in [9.17, 15) is 0 Å². The van der Waals surface area contributed by atoms with E-state index >= 15 is 0 Å². The van der Waals surface area contributed by atoms with Crippen molar-refractivity contribution in [2.45, 2.75) is 25.3 Å². The van der Waals surface area contributed by atoms with Crippen molar-refractivity contribution in [2.75, 3.05) is 31.7 Å². The molecule has 1 aliphatic carbocycles. The van der Waals surface area contributed by atoms with E-state index in [1.54, 1.807) is 0 Å². The molecular weight excluding hydrogens is 250 g/mol. The van der Waals surface area contributed by atoms with Crippen LogP contribution in [-0.2, 0) is 6.54 Å². The van der Waals surface area contributed by atoms with Crippen molar-refractivity contribution < 1.29 is 0 Å². The van der Waals surface area contributed by atoms with Crippen LogP contribution in [0, 0.1) is 0 Å². The van der Waals surface area contributed by atoms with Crippen molar-refractivity contribution in [3.8, 4) is 0 Å². The fourth-order valence-electron chi connectivity index (χ4n) is 3.04. The number of aromatic nitrogens is 2. The number of nitrogens with two attached hydrogens (primary N) is 1. The van der Waals surface area contributed by atoms with Gasteiger partial charge in [0.1, 0.15) is 5.82 Å². The quantitative estimate of drug-likeness (QED) is 0.916. The number of fused-ring (bicyclic) bond motifs is 1. The molecule has 2 fully saturated rings. The van der Waals surface area contributed by atoms with Crippen molar-refractivity contribution in [1.82, 2.24) is 14.5 Å². The monoisotopic (exact) mass is 271 g/mol. The number of nitrogens with zero attached hydrogens (tertiary/aromatic N) is 4. The van der Waals surface area contributed by atoms with Crippen molar-refractivity contribution >= 4 is 11.3 Å². The molecule has 0 bridgehead atoms. The first-order valence-corrected chi connectivity index (χ1v) is 7.41. The topological polar surface area (TPSA) is 49.8 Å². The van der Waals surface area contributed by atoms with E-state index in [4.69, 9.17) is 5.73 Å². The lowest BCUT2D eigenvalue weighted by atomic mass is 10.1. The molecule has 5 heteroatoms. The summed E-state index contributed by atoms with van der Waals surface area (Å²) in [5.74, 6) is 1.98. The van der Waals surface area contributed by atoms with Crippen molar-refractivity contribution in [3.05, 3.63) is 29.5 Å². The third kappa shape index (κ3) is 1.98. The molecule has 2 N–H and O–H groups in total. The predicted molar refractivity (Wildman–Crippen MR) is 79.9 cm³/mol. The average Bonchev–Trinajstić information content (AvgIpc) is 3.08. The largest absolute Gasteiger partial charge is 0.342 e. The molecule has 0 atom stereocenters. The minimum absolute atomic E-state index is 0.500. The molecule has 0 radical (unpaired) electrons. The summed E-state index contributed by atoms with van der Waals surface area (Å²) in [5, 5.41) is 4.65. The van der Waals surface area contributed by atoms with Gasteiger partial charge in [-0.2, -0.15) is 5.10 Å². The van der Waals surface area contributed by atoms with Crippen LogP contribution in [0.5, 0.6) is 0 Å². The first-order valence-electron chi connectivity index (χ1n) is 7.41. The van der Waals surface area contributed by atoms with Gasteiger partial charge in [-0.3, -0.25) is 4.90 Å². The van der Waals surface area contributed by atoms with Crippen molar-refractivity contribution in [3.63, 3.8) is 0 Å². The van der Waals surface area contributed by atoms with Gasteiger partial charge in [0.05, 0.1) is 17.9 Å². The zero-order valence-electron chi connectivity index (χ0n) is 11.9. The van der Waals surface area contributed by atoms with Crippen LogP contribution in [0.1, 0.15) is 30.0 Å². The van der Waals surface area contributed by atoms with Gasteiger partial charge in [0.15, 0.2) is 0 Å². The molecule has 2 aliphatic rings. The fourth-order valence-corrected chi connectivity index (χ4v) is 3.04. The van der Waals surface area contributed by atoms with E-state index in [0.29, 0.717) is 6.54 Å². The van der Waals surface area contributed by atoms with Crippen LogP contribution >= 0.6 is 0 Å². The maximum absolute atomic E-state index is 5.75. The van der Waals surface area contributed by atoms with Gasteiger partial charge in [-0.1, -0.05) is 0 Å². The van der Waals surface area contributed by atoms with E-state index in [1.807, 2.05) is 0 Å². The summed E-state index contributed by atoms with van der Waals surface area (Å²) in [4.78, 5) is 4.75. The Morgan fingerprint density at radius 1 is 1.25 bits per heavy atom. The molecule has 1 aliphatic heterocycles. The van der Waals surface area contributed by atoms with E-state index in [1.165, 1.54) is 29.7 Å². The molecule has 20 heavy (non-hydrogen) atoms. The summed E-state index contributed by atoms with van der Waals surface area (Å²) in [6.07, 6.45) is 2.65. The van der Waals surface area contributed by atoms with Crippen LogP contribution in [0.15, 0.2) is 18.2 Å². The highest BCUT2D eigenvalue weighted by molar-refractivity contribution is 5.60. The Labute approximate surface area is 119 Å². The maximum atomic E-state index is 5.75. The van der Waals surface area contributed by atoms with Crippen molar-refractivity contribution in [2.24, 2.45) is 5.73 Å². The molecule has 1 saturated heterocycles. The normalized spacial score (nSPS) is 20.2. The molecule has 5 nitrogen and oxygen atoms in total. The highest BCUT2D eigenvalue weighted by Gasteiger charge is 2.27. The lowest BCUT2D eigenvalue weighted by Crippen LogP contribution is -2.24. The highest BCUT2D eigenvalue weighted by atomic mass is 15.4. The van der Waals surface area contributed by atoms with Crippen LogP contribution in [0.3, 0.4) is 0 Å². The number of pyridine rings is 1. The van der Waals surface area contributed by atoms with E-state index in [0.717, 1.165) is 31.4 Å². The average molecular weight is 271 g/mol. The van der Waals surface area contributed by atoms with Gasteiger partial charge in [0.2, 0.25) is 0 Å². The minimum atomic E-state index is 0.500. The van der Waals surface area contributed by atoms with Gasteiger partial charge >= 0.3 is 0 Å². The summed E-state index contributed by atoms with van der Waals surface area (Å²) in [5.41, 5.74) is 9.36. The lowest BCUT2D eigenvalue weighted by Gasteiger charge is -2.20. The van der Waals surface area contributed by atoms with Crippen LogP contribution in [0.4, 0.5) is 5.82 Å². The Kier molecular flexibility index (Phi) is 2.72. The minimum Gasteiger partial charge on any atom is -0.342 e. The summed E-state index contributed by atoms with van der Waals surface area (Å²) in [6.45, 7) is 3.65. The molecule has 1 saturated carbocycles. The number of anilines is 1. The Bertz CT molecular complexity index is 643. The number of rotatable bonds is 3. The third-order valence-electron chi connectivity index (χ3n) is 4.36. The van der Waals surface area contributed by atoms with E-state index < -0.39 is 0 Å². The van der Waals surface area contributed by atoms with Gasteiger partial charge < -0.3 is 10.6 Å². The Morgan fingerprint density at radius 2 is 2.10 bits per heavy atom. The van der Waals surface area contributed by atoms with E-state index in [-0.39, 0.29) is 0 Å². The van der Waals surface area contributed by atoms with Crippen LogP contribution in [-0.4, -0.2) is 41.3 Å². The van der Waals surface area contributed by atoms with Gasteiger partial charge in [0, 0.05) is 19.6 Å². The second-order valence-electron chi connectivity index (χ2n) is 6.08. The van der Waals surface area contributed by atoms with Gasteiger partial charge in [-0.25, -0.2) is 4.52 Å². The smallest absolute Gasteiger partial charge is 0.132 e. The molecule has 0 spiro atoms. The second kappa shape index (κ2) is 4.46. The SMILES string of the molecule is CN1CCN(c2cc(C3CC3)cc3cc(CN)nn23)C1. The molecule has 4 rings (SSSR count). The predicted octanol–water partition coefficient (Wildman–Crippen LogP) is 1.38. The lowest BCUT2D eigenvalue weighted by molar-refractivity contribution is 0.420. The highest BCUT2D eigenvalue weighted by Crippen LogP contribution is 2.41. The van der Waals surface area contributed by atoms with Crippen LogP contribution in [0.25, 0.3) is 5.52 Å². The molecule has 2 aromatic rings. The van der Waals surface area contributed by atoms with Gasteiger partial charge in [-0.05, 0) is 49.6 Å². The standard InChI is InChI=1S/C15H21N5/c1-18-4-5-19(10-18)15-7-12(11-2-3-11)6-14-8-13(9-16)17-20(14)15/h6-8,11H,2-5,9-10,16H2,1H3. The summed E-state index contributed by atoms with van der Waals surface area (Å²) >= 11 is 0. The first kappa shape index (κ1) is 12.2. The second-order valence-corrected chi connectivity index (χ2v) is 6.08. The van der Waals surface area contributed by atoms with Crippen molar-refractivity contribution in [1.29, 1.82) is 0 Å². The molecule has 0 aromatic carbocycles. The van der Waals surface area contributed by atoms with Gasteiger partial charge in [0.25, 0.3) is 0 Å². The van der Waals surface area contributed by atoms with Crippen LogP contribution in [0.2, 0.25) is 0 Å². The number of hydrogen-bond acceptors (Lipinski definition) is 4. The van der Waals surface area contributed by atoms with E-state index in [2.05, 4.69) is 44.7 Å². The van der Waals surface area contributed by atoms with Crippen LogP contribution < -0.4 is 10.6 Å². The molecular formula is C15H21N5. The maximum Gasteiger partial charge on any atom is 0.132 e. The molecule has 0 amide bonds. The molecule has 106 valence electrons. The molecule has 2 aromatic heterocycles. The summed E-state index contributed by atoms with van der Waals surface area (Å²) < 4.78 is 2.06. The Hall–Kier alpha value is -1.59. The fraction of sp³-hybridized carbons (Fsp3) is 0.533. The number of likely N-dealkylation sites (N-methyl/N-ethyl adjacent to an activating group) is 1. The zero-order valence-corrected chi connectivity index (χ0v) is 11.9. The third-order valence-corrected chi connectivity index (χ3v) is 4.36. The first-order chi connectivity index (χ1) is 9.74. The molecule has 0 unspecified atom stereocenters. The summed E-state index contributed by atoms with van der Waals surface area (Å²) in [6, 6.07) is 6.74. The zero-order chi connectivity index (χ0) is 13.7. The molecule has 3 heterocycles. The Morgan fingerprint density at radius 3 is 2.75 bits per heavy atom. The Balaban J connectivity index is 1.84. The van der Waals surface area contributed by atoms with Gasteiger partial charge in [-0.15, -0.1) is 0 Å². The number of hydrogen-bond donors (Lipinski definition) is 1. The summed E-state index contributed by atoms with van der Waals surface area (Å²) in [7, 11) is 2.16.